The van der Waals surface area contributed by atoms with Gasteiger partial charge in [0.25, 0.3) is 0 Å². The van der Waals surface area contributed by atoms with E-state index in [0.717, 1.165) is 81.3 Å². The molecule has 1 saturated heterocycles. The number of aromatic nitrogens is 2. The molecular formula is C45H68N2O5S2. The van der Waals surface area contributed by atoms with E-state index in [1.165, 1.54) is 31.3 Å². The molecule has 5 saturated carbocycles. The Hall–Kier alpha value is -1.10. The minimum Gasteiger partial charge on any atom is -0.393 e. The van der Waals surface area contributed by atoms with Gasteiger partial charge in [-0.05, 0) is 130 Å². The molecule has 1 aromatic rings. The predicted molar refractivity (Wildman–Crippen MR) is 219 cm³/mol. The first kappa shape index (κ1) is 39.7. The van der Waals surface area contributed by atoms with Crippen LogP contribution in [0.15, 0.2) is 41.5 Å². The van der Waals surface area contributed by atoms with Gasteiger partial charge in [0.05, 0.1) is 30.2 Å². The summed E-state index contributed by atoms with van der Waals surface area (Å²) < 4.78 is 2.28. The number of nitrogens with zero attached hydrogens (tertiary/aromatic N) is 2. The van der Waals surface area contributed by atoms with Crippen LogP contribution in [0.5, 0.6) is 0 Å². The Kier molecular flexibility index (Phi) is 11.2. The zero-order valence-corrected chi connectivity index (χ0v) is 35.1. The van der Waals surface area contributed by atoms with Crippen LogP contribution in [0, 0.1) is 51.8 Å². The molecule has 4 N–H and O–H groups in total. The highest BCUT2D eigenvalue weighted by Crippen LogP contribution is 2.72. The number of rotatable bonds is 2. The first-order valence-electron chi connectivity index (χ1n) is 21.8. The van der Waals surface area contributed by atoms with Crippen molar-refractivity contribution in [3.05, 3.63) is 41.5 Å². The van der Waals surface area contributed by atoms with Gasteiger partial charge >= 0.3 is 0 Å². The summed E-state index contributed by atoms with van der Waals surface area (Å²) in [5.74, 6) is 1.82. The summed E-state index contributed by atoms with van der Waals surface area (Å²) in [5.41, 5.74) is 1.77. The van der Waals surface area contributed by atoms with Crippen molar-refractivity contribution in [2.24, 2.45) is 51.8 Å². The Morgan fingerprint density at radius 3 is 2.28 bits per heavy atom. The molecule has 8 rings (SSSR count). The van der Waals surface area contributed by atoms with Gasteiger partial charge in [-0.15, -0.1) is 0 Å². The van der Waals surface area contributed by atoms with Crippen LogP contribution >= 0.6 is 21.6 Å². The molecule has 0 amide bonds. The normalized spacial score (nSPS) is 45.1. The number of imidazole rings is 1. The van der Waals surface area contributed by atoms with E-state index >= 15 is 0 Å². The minimum absolute atomic E-state index is 0.0128. The number of ketones is 1. The molecular weight excluding hydrogens is 713 g/mol. The summed E-state index contributed by atoms with van der Waals surface area (Å²) >= 11 is 0. The van der Waals surface area contributed by atoms with Crippen LogP contribution in [0.3, 0.4) is 0 Å². The van der Waals surface area contributed by atoms with E-state index < -0.39 is 34.7 Å². The van der Waals surface area contributed by atoms with Gasteiger partial charge < -0.3 is 25.0 Å². The van der Waals surface area contributed by atoms with Crippen LogP contribution in [0.25, 0.3) is 0 Å². The van der Waals surface area contributed by atoms with Crippen molar-refractivity contribution in [3.8, 4) is 0 Å². The Morgan fingerprint density at radius 2 is 1.56 bits per heavy atom. The highest BCUT2D eigenvalue weighted by molar-refractivity contribution is 8.76. The van der Waals surface area contributed by atoms with Gasteiger partial charge in [-0.2, -0.15) is 0 Å². The highest BCUT2D eigenvalue weighted by Gasteiger charge is 2.71. The fourth-order valence-corrected chi connectivity index (χ4v) is 17.0. The van der Waals surface area contributed by atoms with Gasteiger partial charge in [-0.25, -0.2) is 4.98 Å². The molecule has 9 heteroatoms. The van der Waals surface area contributed by atoms with Crippen LogP contribution in [-0.2, 0) is 4.79 Å². The molecule has 6 aliphatic carbocycles. The van der Waals surface area contributed by atoms with Crippen molar-refractivity contribution >= 4 is 27.4 Å². The fourth-order valence-electron chi connectivity index (χ4n) is 14.2. The van der Waals surface area contributed by atoms with Crippen LogP contribution in [0.4, 0.5) is 0 Å². The fraction of sp³-hybridized carbons (Fsp3) is 0.822. The molecule has 7 nitrogen and oxygen atoms in total. The minimum atomic E-state index is -1.18. The van der Waals surface area contributed by atoms with E-state index in [4.69, 9.17) is 0 Å². The summed E-state index contributed by atoms with van der Waals surface area (Å²) in [6.07, 6.45) is 22.1. The summed E-state index contributed by atoms with van der Waals surface area (Å²) in [6, 6.07) is 0.250. The standard InChI is InChI=1S/C45H68N2O5S2/c1-28-34-19-31(25-53-54-26-32(47-18-17-46-27-47)23-42(2,3)35(20-38(28)48)29-11-7-5-8-12-29)45(52)36-21-39(49)37-22-40(50)41(51)24-44(37,30-13-9-6-10-14-30)33(36)15-16-43(34,45)4/h17-18,21,27-28,30-34,37-38,40-41,48,50-52H,5-16,19-20,22-26H2,1-4H3/t28-,31+,32-,33-,34+,37-,38+,40+,41-,43+,44-,45+/m0/s1. The van der Waals surface area contributed by atoms with E-state index in [0.29, 0.717) is 25.2 Å². The molecule has 6 fully saturated rings. The second kappa shape index (κ2) is 15.3. The SMILES string of the molecule is C[C@@H]1[C@H](O)CC(=C2CCCCC2)C(C)(C)C[C@H](n2ccnc2)CSSC[C@H]2C[C@H]1[C@@]1(C)CC[C@H]3C(=CC(=O)[C@@H]4C[C@@H](O)[C@@H](O)C[C@@]43C3CCCCC3)[C@]21O. The van der Waals surface area contributed by atoms with E-state index in [1.807, 2.05) is 40.2 Å². The molecule has 0 radical (unpaired) electrons. The lowest BCUT2D eigenvalue weighted by atomic mass is 9.41. The van der Waals surface area contributed by atoms with Crippen molar-refractivity contribution in [2.45, 2.75) is 167 Å². The number of allylic oxidation sites excluding steroid dienone is 2. The predicted octanol–water partition coefficient (Wildman–Crippen LogP) is 8.87. The monoisotopic (exact) mass is 780 g/mol. The molecule has 7 aliphatic rings. The zero-order chi connectivity index (χ0) is 38.0. The number of carbonyl (C=O) groups excluding carboxylic acids is 1. The lowest BCUT2D eigenvalue weighted by molar-refractivity contribution is -0.177. The maximum Gasteiger partial charge on any atom is 0.159 e. The van der Waals surface area contributed by atoms with Crippen LogP contribution in [-0.4, -0.2) is 71.2 Å². The Balaban J connectivity index is 1.20. The lowest BCUT2D eigenvalue weighted by Gasteiger charge is -2.64. The number of fused-ring (bicyclic) bond motifs is 9. The van der Waals surface area contributed by atoms with Crippen molar-refractivity contribution in [1.82, 2.24) is 9.55 Å². The Labute approximate surface area is 332 Å². The third-order valence-corrected chi connectivity index (χ3v) is 19.6. The quantitative estimate of drug-likeness (QED) is 0.174. The summed E-state index contributed by atoms with van der Waals surface area (Å²) in [6.45, 7) is 9.37. The van der Waals surface area contributed by atoms with Crippen molar-refractivity contribution in [3.63, 3.8) is 0 Å². The summed E-state index contributed by atoms with van der Waals surface area (Å²) in [5, 5.41) is 48.7. The van der Waals surface area contributed by atoms with Crippen molar-refractivity contribution in [2.75, 3.05) is 11.5 Å². The average Bonchev–Trinajstić information content (AvgIpc) is 3.78. The average molecular weight is 781 g/mol. The van der Waals surface area contributed by atoms with E-state index in [9.17, 15) is 25.2 Å². The van der Waals surface area contributed by atoms with Gasteiger partial charge in [0.1, 0.15) is 0 Å². The largest absolute Gasteiger partial charge is 0.393 e. The molecule has 12 atom stereocenters. The molecule has 0 unspecified atom stereocenters. The third-order valence-electron chi connectivity index (χ3n) is 17.0. The number of aliphatic hydroxyl groups excluding tert-OH is 3. The second-order valence-corrected chi connectivity index (χ2v) is 22.5. The first-order valence-corrected chi connectivity index (χ1v) is 24.3. The number of hydrogen-bond acceptors (Lipinski definition) is 8. The Morgan fingerprint density at radius 1 is 0.833 bits per heavy atom. The van der Waals surface area contributed by atoms with Gasteiger partial charge in [-0.1, -0.05) is 86.1 Å². The molecule has 300 valence electrons. The molecule has 0 aromatic carbocycles. The maximum atomic E-state index is 14.6. The van der Waals surface area contributed by atoms with E-state index in [-0.39, 0.29) is 46.8 Å². The first-order chi connectivity index (χ1) is 25.8. The Bertz CT molecular complexity index is 1580. The second-order valence-electron chi connectivity index (χ2n) is 20.0. The van der Waals surface area contributed by atoms with Crippen LogP contribution in [0.1, 0.15) is 143 Å². The van der Waals surface area contributed by atoms with Crippen LogP contribution < -0.4 is 0 Å². The third kappa shape index (κ3) is 6.48. The molecule has 0 spiro atoms. The number of aliphatic hydroxyl groups is 4. The topological polar surface area (TPSA) is 116 Å². The lowest BCUT2D eigenvalue weighted by Crippen LogP contribution is -2.65. The molecule has 2 heterocycles. The van der Waals surface area contributed by atoms with E-state index in [2.05, 4.69) is 43.4 Å². The van der Waals surface area contributed by atoms with E-state index in [1.54, 1.807) is 5.57 Å². The highest BCUT2D eigenvalue weighted by atomic mass is 33.1. The molecule has 2 bridgehead atoms. The molecule has 1 aromatic heterocycles. The number of hydrogen-bond donors (Lipinski definition) is 4. The van der Waals surface area contributed by atoms with Crippen molar-refractivity contribution < 1.29 is 25.2 Å². The smallest absolute Gasteiger partial charge is 0.159 e. The molecule has 1 aliphatic heterocycles. The molecule has 54 heavy (non-hydrogen) atoms. The summed E-state index contributed by atoms with van der Waals surface area (Å²) in [4.78, 5) is 19.0. The van der Waals surface area contributed by atoms with Gasteiger partial charge in [0, 0.05) is 47.2 Å². The van der Waals surface area contributed by atoms with Gasteiger partial charge in [0.2, 0.25) is 0 Å². The maximum absolute atomic E-state index is 14.6. The number of carbonyl (C=O) groups is 1. The van der Waals surface area contributed by atoms with Crippen molar-refractivity contribution in [1.29, 1.82) is 0 Å². The zero-order valence-electron chi connectivity index (χ0n) is 33.4. The van der Waals surface area contributed by atoms with Gasteiger partial charge in [0.15, 0.2) is 5.78 Å². The van der Waals surface area contributed by atoms with Gasteiger partial charge in [-0.3, -0.25) is 4.79 Å². The summed E-state index contributed by atoms with van der Waals surface area (Å²) in [7, 11) is 3.79. The van der Waals surface area contributed by atoms with Crippen LogP contribution in [0.2, 0.25) is 0 Å².